The molecule has 3 heteroatoms. The van der Waals surface area contributed by atoms with Crippen molar-refractivity contribution in [1.82, 2.24) is 9.80 Å². The maximum Gasteiger partial charge on any atom is 0.237 e. The highest BCUT2D eigenvalue weighted by Gasteiger charge is 2.24. The van der Waals surface area contributed by atoms with Crippen molar-refractivity contribution in [1.29, 1.82) is 0 Å². The molecule has 3 nitrogen and oxygen atoms in total. The molecule has 1 aliphatic heterocycles. The number of nitrogens with zero attached hydrogens (tertiary/aromatic N) is 2. The summed E-state index contributed by atoms with van der Waals surface area (Å²) in [5.74, 6) is 0.279. The Morgan fingerprint density at radius 1 is 1.45 bits per heavy atom. The third-order valence-corrected chi connectivity index (χ3v) is 2.00. The van der Waals surface area contributed by atoms with Gasteiger partial charge in [-0.05, 0) is 13.3 Å². The molecular formula is C8H16N2O. The number of hydrogen-bond donors (Lipinski definition) is 0. The van der Waals surface area contributed by atoms with E-state index >= 15 is 0 Å². The Hall–Kier alpha value is -0.570. The van der Waals surface area contributed by atoms with Crippen molar-refractivity contribution >= 4 is 5.91 Å². The van der Waals surface area contributed by atoms with Crippen LogP contribution in [0.5, 0.6) is 0 Å². The first kappa shape index (κ1) is 8.53. The topological polar surface area (TPSA) is 23.6 Å². The van der Waals surface area contributed by atoms with Gasteiger partial charge in [0.15, 0.2) is 0 Å². The Labute approximate surface area is 68.0 Å². The zero-order valence-electron chi connectivity index (χ0n) is 7.34. The van der Waals surface area contributed by atoms with Crippen LogP contribution in [0.2, 0.25) is 0 Å². The average molecular weight is 156 g/mol. The minimum atomic E-state index is 0.279. The highest BCUT2D eigenvalue weighted by molar-refractivity contribution is 5.79. The molecule has 0 aromatic heterocycles. The van der Waals surface area contributed by atoms with E-state index < -0.39 is 0 Å². The molecule has 0 unspecified atom stereocenters. The molecule has 0 bridgehead atoms. The van der Waals surface area contributed by atoms with E-state index in [-0.39, 0.29) is 5.91 Å². The van der Waals surface area contributed by atoms with Gasteiger partial charge < -0.3 is 4.90 Å². The first-order valence-corrected chi connectivity index (χ1v) is 4.28. The lowest BCUT2D eigenvalue weighted by atomic mass is 10.4. The number of hydrogen-bond acceptors (Lipinski definition) is 2. The fourth-order valence-corrected chi connectivity index (χ4v) is 1.40. The van der Waals surface area contributed by atoms with Gasteiger partial charge in [-0.15, -0.1) is 0 Å². The van der Waals surface area contributed by atoms with Crippen molar-refractivity contribution in [2.45, 2.75) is 20.3 Å². The molecule has 0 aromatic rings. The average Bonchev–Trinajstić information content (AvgIpc) is 2.32. The van der Waals surface area contributed by atoms with Crippen molar-refractivity contribution in [3.05, 3.63) is 0 Å². The molecule has 1 saturated heterocycles. The van der Waals surface area contributed by atoms with E-state index in [9.17, 15) is 4.79 Å². The number of rotatable bonds is 3. The summed E-state index contributed by atoms with van der Waals surface area (Å²) in [5.41, 5.74) is 0. The van der Waals surface area contributed by atoms with Crippen LogP contribution < -0.4 is 0 Å². The molecule has 0 spiro atoms. The van der Waals surface area contributed by atoms with Crippen LogP contribution >= 0.6 is 0 Å². The smallest absolute Gasteiger partial charge is 0.237 e. The van der Waals surface area contributed by atoms with Gasteiger partial charge >= 0.3 is 0 Å². The maximum atomic E-state index is 11.2. The Bertz CT molecular complexity index is 147. The number of likely N-dealkylation sites (N-methyl/N-ethyl adjacent to an activating group) is 1. The molecule has 0 saturated carbocycles. The van der Waals surface area contributed by atoms with Gasteiger partial charge in [0.1, 0.15) is 0 Å². The second kappa shape index (κ2) is 3.72. The van der Waals surface area contributed by atoms with Crippen LogP contribution in [0.25, 0.3) is 0 Å². The molecule has 1 rings (SSSR count). The first-order chi connectivity index (χ1) is 5.27. The Morgan fingerprint density at radius 2 is 2.18 bits per heavy atom. The van der Waals surface area contributed by atoms with E-state index in [1.165, 1.54) is 0 Å². The molecule has 1 fully saturated rings. The van der Waals surface area contributed by atoms with Gasteiger partial charge in [-0.25, -0.2) is 0 Å². The van der Waals surface area contributed by atoms with Gasteiger partial charge in [-0.1, -0.05) is 6.92 Å². The molecule has 1 amide bonds. The monoisotopic (exact) mass is 156 g/mol. The van der Waals surface area contributed by atoms with Crippen molar-refractivity contribution in [3.8, 4) is 0 Å². The summed E-state index contributed by atoms with van der Waals surface area (Å²) in [6.45, 7) is 7.51. The fourth-order valence-electron chi connectivity index (χ4n) is 1.40. The van der Waals surface area contributed by atoms with Gasteiger partial charge in [-0.2, -0.15) is 0 Å². The molecule has 0 atom stereocenters. The van der Waals surface area contributed by atoms with E-state index in [0.29, 0.717) is 6.54 Å². The van der Waals surface area contributed by atoms with Crippen LogP contribution in [0.4, 0.5) is 0 Å². The van der Waals surface area contributed by atoms with E-state index in [0.717, 1.165) is 26.2 Å². The Kier molecular flexibility index (Phi) is 2.88. The van der Waals surface area contributed by atoms with Gasteiger partial charge in [0.2, 0.25) is 5.91 Å². The minimum absolute atomic E-state index is 0.279. The summed E-state index contributed by atoms with van der Waals surface area (Å²) in [6.07, 6.45) is 1.13. The van der Waals surface area contributed by atoms with E-state index in [4.69, 9.17) is 0 Å². The van der Waals surface area contributed by atoms with Crippen LogP contribution in [-0.4, -0.2) is 42.0 Å². The summed E-state index contributed by atoms with van der Waals surface area (Å²) in [5, 5.41) is 0. The molecular weight excluding hydrogens is 140 g/mol. The molecule has 64 valence electrons. The van der Waals surface area contributed by atoms with Gasteiger partial charge in [0.05, 0.1) is 13.2 Å². The van der Waals surface area contributed by atoms with E-state index in [1.807, 2.05) is 11.8 Å². The van der Waals surface area contributed by atoms with Crippen LogP contribution in [0, 0.1) is 0 Å². The van der Waals surface area contributed by atoms with Crippen LogP contribution in [0.15, 0.2) is 0 Å². The van der Waals surface area contributed by atoms with Gasteiger partial charge in [0, 0.05) is 13.1 Å². The Balaban J connectivity index is 2.36. The highest BCUT2D eigenvalue weighted by atomic mass is 16.2. The largest absolute Gasteiger partial charge is 0.329 e. The van der Waals surface area contributed by atoms with E-state index in [1.54, 1.807) is 0 Å². The lowest BCUT2D eigenvalue weighted by Gasteiger charge is -2.14. The van der Waals surface area contributed by atoms with Crippen LogP contribution in [-0.2, 0) is 4.79 Å². The molecule has 0 N–H and O–H groups in total. The summed E-state index contributed by atoms with van der Waals surface area (Å²) in [7, 11) is 0. The van der Waals surface area contributed by atoms with Crippen LogP contribution in [0.1, 0.15) is 20.3 Å². The van der Waals surface area contributed by atoms with Crippen molar-refractivity contribution in [3.63, 3.8) is 0 Å². The van der Waals surface area contributed by atoms with Crippen molar-refractivity contribution in [2.24, 2.45) is 0 Å². The predicted molar refractivity (Wildman–Crippen MR) is 44.1 cm³/mol. The molecule has 0 aliphatic carbocycles. The van der Waals surface area contributed by atoms with Gasteiger partial charge in [0.25, 0.3) is 0 Å². The highest BCUT2D eigenvalue weighted by Crippen LogP contribution is 2.05. The predicted octanol–water partition coefficient (Wildman–Crippen LogP) is 0.518. The molecule has 0 aromatic carbocycles. The number of carbonyl (C=O) groups is 1. The second-order valence-corrected chi connectivity index (χ2v) is 2.94. The molecule has 11 heavy (non-hydrogen) atoms. The summed E-state index contributed by atoms with van der Waals surface area (Å²) in [4.78, 5) is 15.2. The van der Waals surface area contributed by atoms with E-state index in [2.05, 4.69) is 11.8 Å². The normalized spacial score (nSPS) is 19.8. The third kappa shape index (κ3) is 1.93. The SMILES string of the molecule is CCCN1CC(=O)N(CC)C1. The summed E-state index contributed by atoms with van der Waals surface area (Å²) >= 11 is 0. The summed E-state index contributed by atoms with van der Waals surface area (Å²) in [6, 6.07) is 0. The first-order valence-electron chi connectivity index (χ1n) is 4.28. The quantitative estimate of drug-likeness (QED) is 0.594. The van der Waals surface area contributed by atoms with Crippen LogP contribution in [0.3, 0.4) is 0 Å². The standard InChI is InChI=1S/C8H16N2O/c1-3-5-9-6-8(11)10(4-2)7-9/h3-7H2,1-2H3. The fraction of sp³-hybridized carbons (Fsp3) is 0.875. The van der Waals surface area contributed by atoms with Crippen molar-refractivity contribution in [2.75, 3.05) is 26.3 Å². The number of carbonyl (C=O) groups excluding carboxylic acids is 1. The van der Waals surface area contributed by atoms with Gasteiger partial charge in [-0.3, -0.25) is 9.69 Å². The lowest BCUT2D eigenvalue weighted by molar-refractivity contribution is -0.126. The molecule has 1 aliphatic rings. The maximum absolute atomic E-state index is 11.2. The lowest BCUT2D eigenvalue weighted by Crippen LogP contribution is -2.27. The van der Waals surface area contributed by atoms with Crippen molar-refractivity contribution < 1.29 is 4.79 Å². The molecule has 1 heterocycles. The zero-order chi connectivity index (χ0) is 8.27. The number of amides is 1. The molecule has 0 radical (unpaired) electrons. The third-order valence-electron chi connectivity index (χ3n) is 2.00. The second-order valence-electron chi connectivity index (χ2n) is 2.94. The minimum Gasteiger partial charge on any atom is -0.329 e. The Morgan fingerprint density at radius 3 is 2.64 bits per heavy atom. The summed E-state index contributed by atoms with van der Waals surface area (Å²) < 4.78 is 0. The zero-order valence-corrected chi connectivity index (χ0v) is 7.34.